The molecule has 0 amide bonds. The fourth-order valence-corrected chi connectivity index (χ4v) is 1.88. The summed E-state index contributed by atoms with van der Waals surface area (Å²) in [7, 11) is 0. The number of benzene rings is 2. The fraction of sp³-hybridized carbons (Fsp3) is 0.294. The van der Waals surface area contributed by atoms with Crippen molar-refractivity contribution in [1.29, 1.82) is 0 Å². The first-order valence-electron chi connectivity index (χ1n) is 6.92. The van der Waals surface area contributed by atoms with Gasteiger partial charge in [0.1, 0.15) is 5.75 Å². The van der Waals surface area contributed by atoms with Gasteiger partial charge in [-0.3, -0.25) is 0 Å². The molecule has 2 aromatic carbocycles. The maximum atomic E-state index is 5.67. The van der Waals surface area contributed by atoms with E-state index in [9.17, 15) is 0 Å². The van der Waals surface area contributed by atoms with Gasteiger partial charge in [0.05, 0.1) is 19.8 Å². The molecule has 0 aromatic heterocycles. The Labute approximate surface area is 120 Å². The molecular weight excluding hydrogens is 250 g/mol. The molecular formula is C17H21NO2. The van der Waals surface area contributed by atoms with Gasteiger partial charge in [-0.05, 0) is 23.3 Å². The molecule has 20 heavy (non-hydrogen) atoms. The Balaban J connectivity index is 1.59. The number of rotatable bonds is 8. The Morgan fingerprint density at radius 1 is 0.850 bits per heavy atom. The monoisotopic (exact) mass is 271 g/mol. The van der Waals surface area contributed by atoms with Crippen molar-refractivity contribution in [1.82, 2.24) is 0 Å². The average molecular weight is 271 g/mol. The molecule has 2 N–H and O–H groups in total. The molecule has 0 saturated carbocycles. The van der Waals surface area contributed by atoms with E-state index in [-0.39, 0.29) is 0 Å². The molecule has 0 saturated heterocycles. The molecule has 0 aliphatic rings. The molecule has 0 unspecified atom stereocenters. The predicted molar refractivity (Wildman–Crippen MR) is 80.5 cm³/mol. The van der Waals surface area contributed by atoms with Crippen LogP contribution < -0.4 is 10.5 Å². The Morgan fingerprint density at radius 3 is 2.45 bits per heavy atom. The first-order valence-corrected chi connectivity index (χ1v) is 6.92. The molecule has 0 spiro atoms. The Kier molecular flexibility index (Phi) is 6.08. The fourth-order valence-electron chi connectivity index (χ4n) is 1.88. The van der Waals surface area contributed by atoms with Gasteiger partial charge in [-0.1, -0.05) is 42.5 Å². The number of hydrogen-bond donors (Lipinski definition) is 1. The van der Waals surface area contributed by atoms with Crippen LogP contribution in [0.1, 0.15) is 17.5 Å². The summed E-state index contributed by atoms with van der Waals surface area (Å²) in [5.74, 6) is 0.871. The van der Waals surface area contributed by atoms with Gasteiger partial charge in [-0.15, -0.1) is 0 Å². The molecule has 3 heteroatoms. The van der Waals surface area contributed by atoms with E-state index >= 15 is 0 Å². The largest absolute Gasteiger partial charge is 0.493 e. The summed E-state index contributed by atoms with van der Waals surface area (Å²) >= 11 is 0. The average Bonchev–Trinajstić information content (AvgIpc) is 2.52. The van der Waals surface area contributed by atoms with Crippen LogP contribution in [-0.2, 0) is 17.9 Å². The Bertz CT molecular complexity index is 499. The second-order valence-electron chi connectivity index (χ2n) is 4.59. The highest BCUT2D eigenvalue weighted by atomic mass is 16.5. The van der Waals surface area contributed by atoms with Gasteiger partial charge in [-0.2, -0.15) is 0 Å². The summed E-state index contributed by atoms with van der Waals surface area (Å²) in [6.07, 6.45) is 0.875. The van der Waals surface area contributed by atoms with Crippen LogP contribution in [0, 0.1) is 0 Å². The normalized spacial score (nSPS) is 10.4. The second kappa shape index (κ2) is 8.35. The van der Waals surface area contributed by atoms with Crippen molar-refractivity contribution in [2.75, 3.05) is 13.2 Å². The van der Waals surface area contributed by atoms with Crippen LogP contribution in [0.15, 0.2) is 54.6 Å². The lowest BCUT2D eigenvalue weighted by atomic mass is 10.2. The van der Waals surface area contributed by atoms with Gasteiger partial charge in [0, 0.05) is 13.0 Å². The van der Waals surface area contributed by atoms with E-state index in [0.29, 0.717) is 26.4 Å². The van der Waals surface area contributed by atoms with Crippen molar-refractivity contribution < 1.29 is 9.47 Å². The summed E-state index contributed by atoms with van der Waals surface area (Å²) in [5, 5.41) is 0. The molecule has 2 rings (SSSR count). The molecule has 0 bridgehead atoms. The van der Waals surface area contributed by atoms with Crippen molar-refractivity contribution in [3.05, 3.63) is 65.7 Å². The van der Waals surface area contributed by atoms with E-state index in [1.165, 1.54) is 5.56 Å². The quantitative estimate of drug-likeness (QED) is 0.750. The van der Waals surface area contributed by atoms with Crippen molar-refractivity contribution in [2.45, 2.75) is 19.6 Å². The summed E-state index contributed by atoms with van der Waals surface area (Å²) < 4.78 is 11.3. The maximum absolute atomic E-state index is 5.67. The van der Waals surface area contributed by atoms with Crippen LogP contribution >= 0.6 is 0 Å². The summed E-state index contributed by atoms with van der Waals surface area (Å²) in [6, 6.07) is 18.1. The smallest absolute Gasteiger partial charge is 0.119 e. The highest BCUT2D eigenvalue weighted by Gasteiger charge is 1.96. The molecule has 0 aliphatic carbocycles. The lowest BCUT2D eigenvalue weighted by Crippen LogP contribution is -2.04. The third kappa shape index (κ3) is 5.03. The highest BCUT2D eigenvalue weighted by molar-refractivity contribution is 5.28. The zero-order chi connectivity index (χ0) is 14.0. The number of ether oxygens (including phenoxy) is 2. The van der Waals surface area contributed by atoms with Gasteiger partial charge in [0.2, 0.25) is 0 Å². The van der Waals surface area contributed by atoms with E-state index in [1.807, 2.05) is 42.5 Å². The Hall–Kier alpha value is -1.84. The zero-order valence-corrected chi connectivity index (χ0v) is 11.6. The van der Waals surface area contributed by atoms with E-state index in [0.717, 1.165) is 17.7 Å². The zero-order valence-electron chi connectivity index (χ0n) is 11.6. The van der Waals surface area contributed by atoms with E-state index < -0.39 is 0 Å². The van der Waals surface area contributed by atoms with Gasteiger partial charge in [0.25, 0.3) is 0 Å². The molecule has 106 valence electrons. The third-order valence-corrected chi connectivity index (χ3v) is 2.95. The minimum Gasteiger partial charge on any atom is -0.493 e. The van der Waals surface area contributed by atoms with Crippen molar-refractivity contribution in [3.8, 4) is 5.75 Å². The van der Waals surface area contributed by atoms with Gasteiger partial charge < -0.3 is 15.2 Å². The molecule has 3 nitrogen and oxygen atoms in total. The minimum absolute atomic E-state index is 0.539. The number of nitrogens with two attached hydrogens (primary N) is 1. The van der Waals surface area contributed by atoms with Gasteiger partial charge >= 0.3 is 0 Å². The minimum atomic E-state index is 0.539. The topological polar surface area (TPSA) is 44.5 Å². The number of hydrogen-bond acceptors (Lipinski definition) is 3. The standard InChI is InChI=1S/C17H21NO2/c18-13-16-8-4-9-17(12-16)20-11-5-10-19-14-15-6-2-1-3-7-15/h1-4,6-9,12H,5,10-11,13-14,18H2. The SMILES string of the molecule is NCc1cccc(OCCCOCc2ccccc2)c1. The van der Waals surface area contributed by atoms with Crippen LogP contribution in [-0.4, -0.2) is 13.2 Å². The first-order chi connectivity index (χ1) is 9.88. The van der Waals surface area contributed by atoms with Gasteiger partial charge in [0.15, 0.2) is 0 Å². The van der Waals surface area contributed by atoms with E-state index in [1.54, 1.807) is 0 Å². The molecule has 0 atom stereocenters. The van der Waals surface area contributed by atoms with Crippen molar-refractivity contribution in [2.24, 2.45) is 5.73 Å². The van der Waals surface area contributed by atoms with Crippen LogP contribution in [0.5, 0.6) is 5.75 Å². The third-order valence-electron chi connectivity index (χ3n) is 2.95. The van der Waals surface area contributed by atoms with Crippen LogP contribution in [0.2, 0.25) is 0 Å². The molecule has 0 fully saturated rings. The molecule has 2 aromatic rings. The first kappa shape index (κ1) is 14.6. The molecule has 0 radical (unpaired) electrons. The van der Waals surface area contributed by atoms with E-state index in [2.05, 4.69) is 12.1 Å². The van der Waals surface area contributed by atoms with Crippen molar-refractivity contribution in [3.63, 3.8) is 0 Å². The second-order valence-corrected chi connectivity index (χ2v) is 4.59. The maximum Gasteiger partial charge on any atom is 0.119 e. The lowest BCUT2D eigenvalue weighted by molar-refractivity contribution is 0.107. The lowest BCUT2D eigenvalue weighted by Gasteiger charge is -2.08. The molecule has 0 aliphatic heterocycles. The Morgan fingerprint density at radius 2 is 1.65 bits per heavy atom. The van der Waals surface area contributed by atoms with Crippen molar-refractivity contribution >= 4 is 0 Å². The predicted octanol–water partition coefficient (Wildman–Crippen LogP) is 3.13. The van der Waals surface area contributed by atoms with Crippen LogP contribution in [0.4, 0.5) is 0 Å². The van der Waals surface area contributed by atoms with Gasteiger partial charge in [-0.25, -0.2) is 0 Å². The molecule has 0 heterocycles. The van der Waals surface area contributed by atoms with E-state index in [4.69, 9.17) is 15.2 Å². The highest BCUT2D eigenvalue weighted by Crippen LogP contribution is 2.13. The summed E-state index contributed by atoms with van der Waals surface area (Å²) in [6.45, 7) is 2.55. The summed E-state index contributed by atoms with van der Waals surface area (Å²) in [5.41, 5.74) is 7.88. The van der Waals surface area contributed by atoms with Crippen LogP contribution in [0.25, 0.3) is 0 Å². The summed E-state index contributed by atoms with van der Waals surface area (Å²) in [4.78, 5) is 0. The van der Waals surface area contributed by atoms with Crippen LogP contribution in [0.3, 0.4) is 0 Å².